The Balaban J connectivity index is 1.52. The molecule has 0 spiro atoms. The van der Waals surface area contributed by atoms with Gasteiger partial charge in [0, 0.05) is 43.8 Å². The van der Waals surface area contributed by atoms with Gasteiger partial charge < -0.3 is 14.2 Å². The highest BCUT2D eigenvalue weighted by atomic mass is 16.5. The molecular formula is C21H23N3O2. The lowest BCUT2D eigenvalue weighted by molar-refractivity contribution is -0.134. The van der Waals surface area contributed by atoms with Crippen molar-refractivity contribution in [2.24, 2.45) is 0 Å². The minimum atomic E-state index is 0.110. The first-order chi connectivity index (χ1) is 12.8. The van der Waals surface area contributed by atoms with Gasteiger partial charge in [-0.3, -0.25) is 9.78 Å². The van der Waals surface area contributed by atoms with Crippen molar-refractivity contribution in [2.75, 3.05) is 13.2 Å². The van der Waals surface area contributed by atoms with Crippen molar-refractivity contribution < 1.29 is 9.53 Å². The molecule has 5 heteroatoms. The molecule has 3 heterocycles. The Morgan fingerprint density at radius 1 is 1.19 bits per heavy atom. The lowest BCUT2D eigenvalue weighted by Crippen LogP contribution is -2.38. The van der Waals surface area contributed by atoms with E-state index in [0.29, 0.717) is 19.6 Å². The smallest absolute Gasteiger partial charge is 0.242 e. The van der Waals surface area contributed by atoms with E-state index in [1.54, 1.807) is 12.4 Å². The summed E-state index contributed by atoms with van der Waals surface area (Å²) in [5.41, 5.74) is 2.17. The zero-order valence-electron chi connectivity index (χ0n) is 14.8. The minimum Gasteiger partial charge on any atom is -0.376 e. The van der Waals surface area contributed by atoms with E-state index in [4.69, 9.17) is 4.74 Å². The van der Waals surface area contributed by atoms with Crippen LogP contribution in [0.15, 0.2) is 61.1 Å². The molecular weight excluding hydrogens is 326 g/mol. The van der Waals surface area contributed by atoms with Crippen LogP contribution in [-0.2, 0) is 22.6 Å². The van der Waals surface area contributed by atoms with E-state index < -0.39 is 0 Å². The predicted molar refractivity (Wildman–Crippen MR) is 101 cm³/mol. The van der Waals surface area contributed by atoms with E-state index in [0.717, 1.165) is 35.9 Å². The van der Waals surface area contributed by atoms with E-state index in [1.165, 1.54) is 0 Å². The summed E-state index contributed by atoms with van der Waals surface area (Å²) in [6.45, 7) is 2.36. The van der Waals surface area contributed by atoms with Crippen molar-refractivity contribution >= 4 is 16.8 Å². The van der Waals surface area contributed by atoms with Crippen molar-refractivity contribution in [3.05, 3.63) is 66.6 Å². The summed E-state index contributed by atoms with van der Waals surface area (Å²) in [7, 11) is 0. The molecule has 3 aromatic rings. The molecule has 0 aliphatic carbocycles. The first-order valence-corrected chi connectivity index (χ1v) is 9.12. The molecule has 0 N–H and O–H groups in total. The number of ether oxygens (including phenoxy) is 1. The molecule has 1 aliphatic rings. The second-order valence-corrected chi connectivity index (χ2v) is 6.77. The Labute approximate surface area is 153 Å². The van der Waals surface area contributed by atoms with Gasteiger partial charge in [0.25, 0.3) is 0 Å². The SMILES string of the molecule is O=C(Cn1ccc2ccccc21)N(Cc1ccncc1)C[C@@H]1CCCO1. The molecule has 5 nitrogen and oxygen atoms in total. The van der Waals surface area contributed by atoms with Gasteiger partial charge in [-0.1, -0.05) is 18.2 Å². The van der Waals surface area contributed by atoms with Crippen LogP contribution in [0.5, 0.6) is 0 Å². The molecule has 1 fully saturated rings. The monoisotopic (exact) mass is 349 g/mol. The van der Waals surface area contributed by atoms with Crippen molar-refractivity contribution in [3.63, 3.8) is 0 Å². The van der Waals surface area contributed by atoms with Crippen LogP contribution in [0.4, 0.5) is 0 Å². The number of pyridine rings is 1. The Morgan fingerprint density at radius 2 is 2.04 bits per heavy atom. The third-order valence-electron chi connectivity index (χ3n) is 4.91. The van der Waals surface area contributed by atoms with Crippen LogP contribution in [0.2, 0.25) is 0 Å². The van der Waals surface area contributed by atoms with Crippen LogP contribution >= 0.6 is 0 Å². The summed E-state index contributed by atoms with van der Waals surface area (Å²) < 4.78 is 7.78. The van der Waals surface area contributed by atoms with E-state index in [2.05, 4.69) is 23.2 Å². The van der Waals surface area contributed by atoms with E-state index in [1.807, 2.05) is 39.9 Å². The van der Waals surface area contributed by atoms with E-state index in [9.17, 15) is 4.79 Å². The van der Waals surface area contributed by atoms with Gasteiger partial charge in [0.2, 0.25) is 5.91 Å². The van der Waals surface area contributed by atoms with Crippen molar-refractivity contribution in [2.45, 2.75) is 32.0 Å². The number of amides is 1. The zero-order valence-corrected chi connectivity index (χ0v) is 14.8. The molecule has 26 heavy (non-hydrogen) atoms. The van der Waals surface area contributed by atoms with Gasteiger partial charge in [-0.25, -0.2) is 0 Å². The molecule has 0 saturated carbocycles. The summed E-state index contributed by atoms with van der Waals surface area (Å²) in [6.07, 6.45) is 7.76. The third-order valence-corrected chi connectivity index (χ3v) is 4.91. The number of carbonyl (C=O) groups excluding carboxylic acids is 1. The topological polar surface area (TPSA) is 47.4 Å². The van der Waals surface area contributed by atoms with Gasteiger partial charge in [0.1, 0.15) is 6.54 Å². The summed E-state index contributed by atoms with van der Waals surface area (Å²) >= 11 is 0. The number of benzene rings is 1. The fourth-order valence-corrected chi connectivity index (χ4v) is 3.52. The Hall–Kier alpha value is -2.66. The minimum absolute atomic E-state index is 0.110. The summed E-state index contributed by atoms with van der Waals surface area (Å²) in [5.74, 6) is 0.110. The van der Waals surface area contributed by atoms with Gasteiger partial charge in [-0.15, -0.1) is 0 Å². The number of hydrogen-bond donors (Lipinski definition) is 0. The maximum absolute atomic E-state index is 13.1. The van der Waals surface area contributed by atoms with Gasteiger partial charge >= 0.3 is 0 Å². The average molecular weight is 349 g/mol. The van der Waals surface area contributed by atoms with Crippen LogP contribution in [0.1, 0.15) is 18.4 Å². The highest BCUT2D eigenvalue weighted by Crippen LogP contribution is 2.18. The first-order valence-electron chi connectivity index (χ1n) is 9.12. The number of aromatic nitrogens is 2. The fourth-order valence-electron chi connectivity index (χ4n) is 3.52. The number of carbonyl (C=O) groups is 1. The highest BCUT2D eigenvalue weighted by molar-refractivity contribution is 5.83. The second kappa shape index (κ2) is 7.70. The van der Waals surface area contributed by atoms with Gasteiger partial charge in [-0.2, -0.15) is 0 Å². The molecule has 0 bridgehead atoms. The van der Waals surface area contributed by atoms with Crippen molar-refractivity contribution in [3.8, 4) is 0 Å². The summed E-state index contributed by atoms with van der Waals surface area (Å²) in [4.78, 5) is 19.1. The molecule has 1 saturated heterocycles. The number of rotatable bonds is 6. The van der Waals surface area contributed by atoms with Crippen LogP contribution in [0.3, 0.4) is 0 Å². The lowest BCUT2D eigenvalue weighted by Gasteiger charge is -2.26. The molecule has 1 aliphatic heterocycles. The Kier molecular flexibility index (Phi) is 4.97. The molecule has 1 atom stereocenters. The molecule has 1 amide bonds. The number of fused-ring (bicyclic) bond motifs is 1. The van der Waals surface area contributed by atoms with Crippen molar-refractivity contribution in [1.29, 1.82) is 0 Å². The normalized spacial score (nSPS) is 16.8. The zero-order chi connectivity index (χ0) is 17.8. The van der Waals surface area contributed by atoms with Crippen LogP contribution in [-0.4, -0.2) is 39.6 Å². The quantitative estimate of drug-likeness (QED) is 0.686. The highest BCUT2D eigenvalue weighted by Gasteiger charge is 2.23. The van der Waals surface area contributed by atoms with E-state index in [-0.39, 0.29) is 12.0 Å². The maximum atomic E-state index is 13.1. The first kappa shape index (κ1) is 16.8. The number of nitrogens with zero attached hydrogens (tertiary/aromatic N) is 3. The van der Waals surface area contributed by atoms with Crippen molar-refractivity contribution in [1.82, 2.24) is 14.5 Å². The molecule has 0 unspecified atom stereocenters. The fraction of sp³-hybridized carbons (Fsp3) is 0.333. The van der Waals surface area contributed by atoms with Gasteiger partial charge in [0.15, 0.2) is 0 Å². The molecule has 4 rings (SSSR count). The number of para-hydroxylation sites is 1. The average Bonchev–Trinajstić information content (AvgIpc) is 3.32. The maximum Gasteiger partial charge on any atom is 0.242 e. The third kappa shape index (κ3) is 3.78. The standard InChI is InChI=1S/C21H23N3O2/c25-21(16-23-12-9-18-4-1-2-6-20(18)23)24(15-19-5-3-13-26-19)14-17-7-10-22-11-8-17/h1-2,4,6-12,19H,3,5,13-16H2/t19-/m0/s1. The predicted octanol–water partition coefficient (Wildman–Crippen LogP) is 3.24. The largest absolute Gasteiger partial charge is 0.376 e. The van der Waals surface area contributed by atoms with Gasteiger partial charge in [0.05, 0.1) is 6.10 Å². The van der Waals surface area contributed by atoms with E-state index >= 15 is 0 Å². The van der Waals surface area contributed by atoms with Crippen LogP contribution < -0.4 is 0 Å². The number of hydrogen-bond acceptors (Lipinski definition) is 3. The molecule has 2 aromatic heterocycles. The Morgan fingerprint density at radius 3 is 2.85 bits per heavy atom. The molecule has 1 aromatic carbocycles. The van der Waals surface area contributed by atoms with Crippen LogP contribution in [0, 0.1) is 0 Å². The summed E-state index contributed by atoms with van der Waals surface area (Å²) in [6, 6.07) is 14.1. The molecule has 134 valence electrons. The molecule has 0 radical (unpaired) electrons. The Bertz CT molecular complexity index is 869. The second-order valence-electron chi connectivity index (χ2n) is 6.77. The van der Waals surface area contributed by atoms with Crippen LogP contribution in [0.25, 0.3) is 10.9 Å². The van der Waals surface area contributed by atoms with Gasteiger partial charge in [-0.05, 0) is 48.1 Å². The lowest BCUT2D eigenvalue weighted by atomic mass is 10.2. The summed E-state index contributed by atoms with van der Waals surface area (Å²) in [5, 5.41) is 1.15.